The minimum absolute atomic E-state index is 0.355. The van der Waals surface area contributed by atoms with E-state index in [1.54, 1.807) is 0 Å². The fourth-order valence-corrected chi connectivity index (χ4v) is 2.32. The molecule has 1 aliphatic carbocycles. The second kappa shape index (κ2) is 6.18. The van der Waals surface area contributed by atoms with E-state index in [-0.39, 0.29) is 0 Å². The van der Waals surface area contributed by atoms with E-state index in [1.807, 2.05) is 0 Å². The summed E-state index contributed by atoms with van der Waals surface area (Å²) in [6.07, 6.45) is 5.47. The van der Waals surface area contributed by atoms with Crippen LogP contribution in [0.1, 0.15) is 46.0 Å². The predicted octanol–water partition coefficient (Wildman–Crippen LogP) is 2.48. The molecule has 0 aromatic rings. The Hall–Kier alpha value is -0.370. The van der Waals surface area contributed by atoms with Crippen LogP contribution in [-0.2, 0) is 4.79 Å². The van der Waals surface area contributed by atoms with Gasteiger partial charge in [-0.25, -0.2) is 0 Å². The van der Waals surface area contributed by atoms with Crippen molar-refractivity contribution in [2.24, 2.45) is 5.92 Å². The van der Waals surface area contributed by atoms with Crippen LogP contribution in [0, 0.1) is 5.92 Å². The SMILES string of the molecule is CCCN(CCC)CC1CCCC1=O. The second-order valence-corrected chi connectivity index (χ2v) is 4.36. The minimum atomic E-state index is 0.355. The van der Waals surface area contributed by atoms with Crippen LogP contribution >= 0.6 is 0 Å². The topological polar surface area (TPSA) is 20.3 Å². The third-order valence-electron chi connectivity index (χ3n) is 2.99. The van der Waals surface area contributed by atoms with Gasteiger partial charge in [0.2, 0.25) is 0 Å². The molecule has 2 nitrogen and oxygen atoms in total. The summed E-state index contributed by atoms with van der Waals surface area (Å²) < 4.78 is 0. The van der Waals surface area contributed by atoms with Crippen LogP contribution in [0.15, 0.2) is 0 Å². The molecule has 0 radical (unpaired) electrons. The fourth-order valence-electron chi connectivity index (χ4n) is 2.32. The van der Waals surface area contributed by atoms with E-state index >= 15 is 0 Å². The van der Waals surface area contributed by atoms with Crippen molar-refractivity contribution in [2.45, 2.75) is 46.0 Å². The number of nitrogens with zero attached hydrogens (tertiary/aromatic N) is 1. The van der Waals surface area contributed by atoms with Crippen LogP contribution in [0.3, 0.4) is 0 Å². The van der Waals surface area contributed by atoms with Gasteiger partial charge >= 0.3 is 0 Å². The highest BCUT2D eigenvalue weighted by atomic mass is 16.1. The summed E-state index contributed by atoms with van der Waals surface area (Å²) in [5.41, 5.74) is 0. The number of rotatable bonds is 6. The van der Waals surface area contributed by atoms with Crippen LogP contribution in [0.2, 0.25) is 0 Å². The average molecular weight is 197 g/mol. The van der Waals surface area contributed by atoms with Crippen molar-refractivity contribution in [3.05, 3.63) is 0 Å². The Balaban J connectivity index is 2.33. The Morgan fingerprint density at radius 2 is 1.93 bits per heavy atom. The van der Waals surface area contributed by atoms with E-state index in [9.17, 15) is 4.79 Å². The Labute approximate surface area is 87.7 Å². The highest BCUT2D eigenvalue weighted by Crippen LogP contribution is 2.22. The van der Waals surface area contributed by atoms with Crippen LogP contribution < -0.4 is 0 Å². The van der Waals surface area contributed by atoms with Gasteiger partial charge < -0.3 is 4.90 Å². The second-order valence-electron chi connectivity index (χ2n) is 4.36. The van der Waals surface area contributed by atoms with Gasteiger partial charge in [0.25, 0.3) is 0 Å². The van der Waals surface area contributed by atoms with E-state index < -0.39 is 0 Å². The Kier molecular flexibility index (Phi) is 5.16. The molecule has 0 aliphatic heterocycles. The molecular weight excluding hydrogens is 174 g/mol. The lowest BCUT2D eigenvalue weighted by molar-refractivity contribution is -0.121. The van der Waals surface area contributed by atoms with Crippen molar-refractivity contribution in [3.63, 3.8) is 0 Å². The Bertz CT molecular complexity index is 173. The molecule has 0 amide bonds. The molecule has 0 aromatic carbocycles. The predicted molar refractivity (Wildman–Crippen MR) is 59.4 cm³/mol. The van der Waals surface area contributed by atoms with Gasteiger partial charge in [0, 0.05) is 18.9 Å². The van der Waals surface area contributed by atoms with Crippen molar-refractivity contribution in [1.82, 2.24) is 4.90 Å². The van der Waals surface area contributed by atoms with E-state index in [4.69, 9.17) is 0 Å². The molecular formula is C12H23NO. The molecule has 1 aliphatic rings. The molecule has 1 unspecified atom stereocenters. The standard InChI is InChI=1S/C12H23NO/c1-3-8-13(9-4-2)10-11-6-5-7-12(11)14/h11H,3-10H2,1-2H3. The van der Waals surface area contributed by atoms with Gasteiger partial charge in [0.1, 0.15) is 5.78 Å². The molecule has 1 fully saturated rings. The van der Waals surface area contributed by atoms with E-state index in [2.05, 4.69) is 18.7 Å². The minimum Gasteiger partial charge on any atom is -0.303 e. The smallest absolute Gasteiger partial charge is 0.137 e. The summed E-state index contributed by atoms with van der Waals surface area (Å²) in [5, 5.41) is 0. The number of ketones is 1. The third-order valence-corrected chi connectivity index (χ3v) is 2.99. The van der Waals surface area contributed by atoms with Crippen molar-refractivity contribution in [1.29, 1.82) is 0 Å². The van der Waals surface area contributed by atoms with E-state index in [1.165, 1.54) is 12.8 Å². The molecule has 1 rings (SSSR count). The van der Waals surface area contributed by atoms with Crippen molar-refractivity contribution in [3.8, 4) is 0 Å². The lowest BCUT2D eigenvalue weighted by Gasteiger charge is -2.23. The first-order valence-corrected chi connectivity index (χ1v) is 6.03. The molecule has 0 aromatic heterocycles. The van der Waals surface area contributed by atoms with Gasteiger partial charge in [0.15, 0.2) is 0 Å². The van der Waals surface area contributed by atoms with Crippen LogP contribution in [0.5, 0.6) is 0 Å². The first-order chi connectivity index (χ1) is 6.77. The largest absolute Gasteiger partial charge is 0.303 e. The molecule has 0 spiro atoms. The lowest BCUT2D eigenvalue weighted by atomic mass is 10.1. The zero-order valence-corrected chi connectivity index (χ0v) is 9.59. The fraction of sp³-hybridized carbons (Fsp3) is 0.917. The maximum Gasteiger partial charge on any atom is 0.137 e. The summed E-state index contributed by atoms with van der Waals surface area (Å²) in [4.78, 5) is 13.9. The van der Waals surface area contributed by atoms with Gasteiger partial charge in [-0.1, -0.05) is 13.8 Å². The van der Waals surface area contributed by atoms with Gasteiger partial charge in [-0.2, -0.15) is 0 Å². The highest BCUT2D eigenvalue weighted by Gasteiger charge is 2.25. The third kappa shape index (κ3) is 3.41. The first-order valence-electron chi connectivity index (χ1n) is 6.03. The summed E-state index contributed by atoms with van der Waals surface area (Å²) in [5.74, 6) is 0.857. The zero-order valence-electron chi connectivity index (χ0n) is 9.59. The number of hydrogen-bond acceptors (Lipinski definition) is 2. The number of carbonyl (C=O) groups is 1. The average Bonchev–Trinajstić information content (AvgIpc) is 2.53. The van der Waals surface area contributed by atoms with Crippen molar-refractivity contribution >= 4 is 5.78 Å². The molecule has 2 heteroatoms. The van der Waals surface area contributed by atoms with Gasteiger partial charge in [-0.3, -0.25) is 4.79 Å². The normalized spacial score (nSPS) is 22.2. The molecule has 0 saturated heterocycles. The quantitative estimate of drug-likeness (QED) is 0.652. The Morgan fingerprint density at radius 1 is 1.29 bits per heavy atom. The van der Waals surface area contributed by atoms with Crippen molar-refractivity contribution < 1.29 is 4.79 Å². The molecule has 0 N–H and O–H groups in total. The van der Waals surface area contributed by atoms with Gasteiger partial charge in [-0.15, -0.1) is 0 Å². The van der Waals surface area contributed by atoms with Crippen LogP contribution in [0.25, 0.3) is 0 Å². The molecule has 1 saturated carbocycles. The molecule has 0 heterocycles. The number of Topliss-reactive ketones (excluding diaryl/α,β-unsaturated/α-hetero) is 1. The molecule has 0 bridgehead atoms. The summed E-state index contributed by atoms with van der Waals surface area (Å²) in [7, 11) is 0. The maximum atomic E-state index is 11.5. The summed E-state index contributed by atoms with van der Waals surface area (Å²) in [6.45, 7) is 7.73. The first kappa shape index (κ1) is 11.7. The van der Waals surface area contributed by atoms with Gasteiger partial charge in [-0.05, 0) is 38.8 Å². The Morgan fingerprint density at radius 3 is 2.36 bits per heavy atom. The van der Waals surface area contributed by atoms with Crippen LogP contribution in [0.4, 0.5) is 0 Å². The monoisotopic (exact) mass is 197 g/mol. The van der Waals surface area contributed by atoms with E-state index in [0.717, 1.165) is 38.9 Å². The van der Waals surface area contributed by atoms with Crippen LogP contribution in [-0.4, -0.2) is 30.3 Å². The molecule has 82 valence electrons. The zero-order chi connectivity index (χ0) is 10.4. The van der Waals surface area contributed by atoms with Crippen molar-refractivity contribution in [2.75, 3.05) is 19.6 Å². The maximum absolute atomic E-state index is 11.5. The highest BCUT2D eigenvalue weighted by molar-refractivity contribution is 5.83. The van der Waals surface area contributed by atoms with Gasteiger partial charge in [0.05, 0.1) is 0 Å². The molecule has 1 atom stereocenters. The summed E-state index contributed by atoms with van der Waals surface area (Å²) >= 11 is 0. The summed E-state index contributed by atoms with van der Waals surface area (Å²) in [6, 6.07) is 0. The number of hydrogen-bond donors (Lipinski definition) is 0. The lowest BCUT2D eigenvalue weighted by Crippen LogP contribution is -2.32. The number of carbonyl (C=O) groups excluding carboxylic acids is 1. The molecule has 14 heavy (non-hydrogen) atoms. The van der Waals surface area contributed by atoms with E-state index in [0.29, 0.717) is 11.7 Å².